The Balaban J connectivity index is 1.88. The lowest BCUT2D eigenvalue weighted by molar-refractivity contribution is -0.388. The van der Waals surface area contributed by atoms with E-state index in [0.29, 0.717) is 36.7 Å². The van der Waals surface area contributed by atoms with E-state index in [1.54, 1.807) is 0 Å². The Morgan fingerprint density at radius 1 is 1.33 bits per heavy atom. The summed E-state index contributed by atoms with van der Waals surface area (Å²) in [6.45, 7) is 7.15. The van der Waals surface area contributed by atoms with Gasteiger partial charge in [-0.05, 0) is 31.2 Å². The summed E-state index contributed by atoms with van der Waals surface area (Å²) in [6, 6.07) is 0.567. The lowest BCUT2D eigenvalue weighted by Gasteiger charge is -2.40. The highest BCUT2D eigenvalue weighted by atomic mass is 32.2. The van der Waals surface area contributed by atoms with Gasteiger partial charge in [-0.15, -0.1) is 0 Å². The molecule has 11 heteroatoms. The molecule has 1 saturated heterocycles. The molecule has 0 bridgehead atoms. The van der Waals surface area contributed by atoms with Crippen molar-refractivity contribution in [3.63, 3.8) is 0 Å². The summed E-state index contributed by atoms with van der Waals surface area (Å²) in [5.74, 6) is 0. The highest BCUT2D eigenvalue weighted by Crippen LogP contribution is 2.45. The molecule has 30 heavy (non-hydrogen) atoms. The van der Waals surface area contributed by atoms with Crippen LogP contribution in [0.4, 0.5) is 18.9 Å². The smallest absolute Gasteiger partial charge is 0.349 e. The van der Waals surface area contributed by atoms with Crippen molar-refractivity contribution in [1.29, 1.82) is 0 Å². The first kappa shape index (κ1) is 22.5. The van der Waals surface area contributed by atoms with E-state index < -0.39 is 28.4 Å². The van der Waals surface area contributed by atoms with Gasteiger partial charge in [0, 0.05) is 43.9 Å². The minimum Gasteiger partial charge on any atom is -0.349 e. The lowest BCUT2D eigenvalue weighted by atomic mass is 10.0. The maximum Gasteiger partial charge on any atom is 0.416 e. The molecule has 2 heterocycles. The van der Waals surface area contributed by atoms with E-state index in [2.05, 4.69) is 23.7 Å². The fourth-order valence-electron chi connectivity index (χ4n) is 3.78. The minimum atomic E-state index is -4.76. The van der Waals surface area contributed by atoms with Crippen LogP contribution < -0.4 is 0 Å². The second-order valence-corrected chi connectivity index (χ2v) is 8.40. The Labute approximate surface area is 176 Å². The third kappa shape index (κ3) is 4.61. The number of halogens is 3. The number of hydrogen-bond acceptors (Lipinski definition) is 7. The SMILES string of the molecule is CCCC(C)N1CCN(C2=NC(C=O)c3cc(C(F)(F)F)cc([N+](=O)[O-])c3S2)CC1. The van der Waals surface area contributed by atoms with E-state index in [9.17, 15) is 28.1 Å². The summed E-state index contributed by atoms with van der Waals surface area (Å²) in [6.07, 6.45) is -2.15. The van der Waals surface area contributed by atoms with Gasteiger partial charge in [-0.25, -0.2) is 4.99 Å². The number of thioether (sulfide) groups is 1. The highest BCUT2D eigenvalue weighted by Gasteiger charge is 2.38. The van der Waals surface area contributed by atoms with Crippen molar-refractivity contribution >= 4 is 28.9 Å². The number of fused-ring (bicyclic) bond motifs is 1. The van der Waals surface area contributed by atoms with Crippen molar-refractivity contribution in [2.45, 2.75) is 49.8 Å². The van der Waals surface area contributed by atoms with E-state index in [1.165, 1.54) is 0 Å². The van der Waals surface area contributed by atoms with Crippen LogP contribution in [0.25, 0.3) is 0 Å². The Bertz CT molecular complexity index is 854. The molecule has 2 unspecified atom stereocenters. The van der Waals surface area contributed by atoms with Gasteiger partial charge in [-0.1, -0.05) is 13.3 Å². The quantitative estimate of drug-likeness (QED) is 0.386. The van der Waals surface area contributed by atoms with E-state index in [1.807, 2.05) is 4.90 Å². The predicted octanol–water partition coefficient (Wildman–Crippen LogP) is 4.12. The molecular formula is C19H23F3N4O3S. The van der Waals surface area contributed by atoms with Crippen LogP contribution in [0.1, 0.15) is 43.9 Å². The zero-order valence-corrected chi connectivity index (χ0v) is 17.5. The number of aliphatic imine (C=N–C) groups is 1. The minimum absolute atomic E-state index is 0.0527. The van der Waals surface area contributed by atoms with Gasteiger partial charge in [0.25, 0.3) is 5.69 Å². The van der Waals surface area contributed by atoms with Crippen molar-refractivity contribution in [1.82, 2.24) is 9.80 Å². The number of amidine groups is 1. The summed E-state index contributed by atoms with van der Waals surface area (Å²) in [5, 5.41) is 11.9. The fraction of sp³-hybridized carbons (Fsp3) is 0.579. The number of aldehydes is 1. The standard InChI is InChI=1S/C19H23F3N4O3S/c1-3-4-12(2)24-5-7-25(8-6-24)18-23-15(11-27)14-9-13(19(20,21)22)10-16(26(28)29)17(14)30-18/h9-12,15H,3-8H2,1-2H3. The number of carbonyl (C=O) groups excluding carboxylic acids is 1. The second-order valence-electron chi connectivity index (χ2n) is 7.42. The molecule has 2 atom stereocenters. The van der Waals surface area contributed by atoms with Crippen LogP contribution in [0.15, 0.2) is 22.0 Å². The van der Waals surface area contributed by atoms with Crippen LogP contribution in [-0.4, -0.2) is 58.4 Å². The van der Waals surface area contributed by atoms with Gasteiger partial charge in [-0.2, -0.15) is 13.2 Å². The van der Waals surface area contributed by atoms with Crippen LogP contribution in [-0.2, 0) is 11.0 Å². The first-order chi connectivity index (χ1) is 14.2. The molecule has 1 aromatic rings. The molecule has 0 amide bonds. The molecule has 0 spiro atoms. The summed E-state index contributed by atoms with van der Waals surface area (Å²) in [4.78, 5) is 30.9. The molecule has 164 valence electrons. The maximum atomic E-state index is 13.2. The van der Waals surface area contributed by atoms with Crippen LogP contribution in [0.3, 0.4) is 0 Å². The first-order valence-corrected chi connectivity index (χ1v) is 10.6. The molecule has 2 aliphatic heterocycles. The maximum absolute atomic E-state index is 13.2. The van der Waals surface area contributed by atoms with Gasteiger partial charge in [-0.3, -0.25) is 15.0 Å². The van der Waals surface area contributed by atoms with Crippen molar-refractivity contribution < 1.29 is 22.9 Å². The molecule has 0 aliphatic carbocycles. The number of piperazine rings is 1. The average molecular weight is 444 g/mol. The number of nitrogens with zero attached hydrogens (tertiary/aromatic N) is 4. The summed E-state index contributed by atoms with van der Waals surface area (Å²) >= 11 is 0.966. The molecule has 1 fully saturated rings. The largest absolute Gasteiger partial charge is 0.416 e. The molecule has 2 aliphatic rings. The predicted molar refractivity (Wildman–Crippen MR) is 108 cm³/mol. The fourth-order valence-corrected chi connectivity index (χ4v) is 4.97. The number of alkyl halides is 3. The van der Waals surface area contributed by atoms with Crippen LogP contribution >= 0.6 is 11.8 Å². The molecule has 3 rings (SSSR count). The normalized spacial score (nSPS) is 21.0. The number of carbonyl (C=O) groups is 1. The Hall–Kier alpha value is -2.14. The van der Waals surface area contributed by atoms with Crippen molar-refractivity contribution in [3.05, 3.63) is 33.4 Å². The van der Waals surface area contributed by atoms with E-state index in [4.69, 9.17) is 0 Å². The number of rotatable bonds is 5. The number of nitro benzene ring substituents is 1. The Morgan fingerprint density at radius 3 is 2.53 bits per heavy atom. The molecule has 0 saturated carbocycles. The van der Waals surface area contributed by atoms with Crippen molar-refractivity contribution in [2.75, 3.05) is 26.2 Å². The van der Waals surface area contributed by atoms with Gasteiger partial charge in [0.05, 0.1) is 15.4 Å². The number of nitro groups is 1. The molecule has 7 nitrogen and oxygen atoms in total. The third-order valence-corrected chi connectivity index (χ3v) is 6.62. The van der Waals surface area contributed by atoms with Crippen LogP contribution in [0.5, 0.6) is 0 Å². The van der Waals surface area contributed by atoms with Crippen LogP contribution in [0, 0.1) is 10.1 Å². The monoisotopic (exact) mass is 444 g/mol. The zero-order valence-electron chi connectivity index (χ0n) is 16.7. The molecular weight excluding hydrogens is 421 g/mol. The third-order valence-electron chi connectivity index (χ3n) is 5.43. The highest BCUT2D eigenvalue weighted by molar-refractivity contribution is 8.14. The molecule has 1 aromatic carbocycles. The lowest BCUT2D eigenvalue weighted by Crippen LogP contribution is -2.51. The van der Waals surface area contributed by atoms with E-state index >= 15 is 0 Å². The van der Waals surface area contributed by atoms with Gasteiger partial charge < -0.3 is 9.69 Å². The zero-order chi connectivity index (χ0) is 22.1. The van der Waals surface area contributed by atoms with E-state index in [-0.39, 0.29) is 10.5 Å². The topological polar surface area (TPSA) is 79.0 Å². The molecule has 0 N–H and O–H groups in total. The molecule has 0 aromatic heterocycles. The van der Waals surface area contributed by atoms with E-state index in [0.717, 1.165) is 43.8 Å². The summed E-state index contributed by atoms with van der Waals surface area (Å²) in [7, 11) is 0. The van der Waals surface area contributed by atoms with Gasteiger partial charge in [0.2, 0.25) is 0 Å². The van der Waals surface area contributed by atoms with Gasteiger partial charge in [0.1, 0.15) is 12.3 Å². The van der Waals surface area contributed by atoms with Gasteiger partial charge in [0.15, 0.2) is 5.17 Å². The molecule has 0 radical (unpaired) electrons. The van der Waals surface area contributed by atoms with Crippen LogP contribution in [0.2, 0.25) is 0 Å². The average Bonchev–Trinajstić information content (AvgIpc) is 2.71. The first-order valence-electron chi connectivity index (χ1n) is 9.75. The number of benzene rings is 1. The number of hydrogen-bond donors (Lipinski definition) is 0. The Morgan fingerprint density at radius 2 is 2.00 bits per heavy atom. The van der Waals surface area contributed by atoms with Crippen molar-refractivity contribution in [3.8, 4) is 0 Å². The van der Waals surface area contributed by atoms with Gasteiger partial charge >= 0.3 is 6.18 Å². The summed E-state index contributed by atoms with van der Waals surface area (Å²) in [5.41, 5.74) is -1.88. The van der Waals surface area contributed by atoms with Crippen molar-refractivity contribution in [2.24, 2.45) is 4.99 Å². The summed E-state index contributed by atoms with van der Waals surface area (Å²) < 4.78 is 39.6. The second kappa shape index (κ2) is 8.93. The Kier molecular flexibility index (Phi) is 6.71.